The van der Waals surface area contributed by atoms with Crippen molar-refractivity contribution in [1.29, 1.82) is 0 Å². The Morgan fingerprint density at radius 2 is 2.00 bits per heavy atom. The van der Waals surface area contributed by atoms with Gasteiger partial charge in [0, 0.05) is 11.6 Å². The molecule has 0 unspecified atom stereocenters. The Labute approximate surface area is 140 Å². The lowest BCUT2D eigenvalue weighted by atomic mass is 10.2. The molecule has 1 aromatic heterocycles. The third kappa shape index (κ3) is 3.63. The number of methoxy groups -OCH3 is 1. The molecule has 3 rings (SSSR count). The maximum atomic E-state index is 12.2. The van der Waals surface area contributed by atoms with Gasteiger partial charge in [-0.15, -0.1) is 0 Å². The van der Waals surface area contributed by atoms with Crippen molar-refractivity contribution in [3.05, 3.63) is 66.4 Å². The topological polar surface area (TPSA) is 60.5 Å². The van der Waals surface area contributed by atoms with E-state index in [0.29, 0.717) is 24.5 Å². The van der Waals surface area contributed by atoms with Gasteiger partial charge in [0.1, 0.15) is 18.1 Å². The first-order valence-electron chi connectivity index (χ1n) is 7.67. The summed E-state index contributed by atoms with van der Waals surface area (Å²) >= 11 is 0. The number of hydrogen-bond acceptors (Lipinski definition) is 4. The van der Waals surface area contributed by atoms with E-state index in [4.69, 9.17) is 9.47 Å². The minimum absolute atomic E-state index is 0.182. The number of amides is 1. The molecule has 0 radical (unpaired) electrons. The number of fused-ring (bicyclic) bond motifs is 1. The fraction of sp³-hybridized carbons (Fsp3) is 0.158. The van der Waals surface area contributed by atoms with E-state index in [1.807, 2.05) is 36.4 Å². The Kier molecular flexibility index (Phi) is 4.91. The summed E-state index contributed by atoms with van der Waals surface area (Å²) in [6, 6.07) is 16.7. The predicted octanol–water partition coefficient (Wildman–Crippen LogP) is 3.05. The van der Waals surface area contributed by atoms with Gasteiger partial charge < -0.3 is 14.8 Å². The second-order valence-electron chi connectivity index (χ2n) is 5.16. The number of ether oxygens (including phenoxy) is 2. The zero-order valence-corrected chi connectivity index (χ0v) is 13.4. The van der Waals surface area contributed by atoms with Gasteiger partial charge in [0.05, 0.1) is 24.7 Å². The lowest BCUT2D eigenvalue weighted by Gasteiger charge is -2.10. The second kappa shape index (κ2) is 7.46. The van der Waals surface area contributed by atoms with Crippen molar-refractivity contribution < 1.29 is 14.3 Å². The van der Waals surface area contributed by atoms with Gasteiger partial charge in [-0.3, -0.25) is 9.78 Å². The number of nitrogens with one attached hydrogen (secondary N) is 1. The summed E-state index contributed by atoms with van der Waals surface area (Å²) in [7, 11) is 1.55. The largest absolute Gasteiger partial charge is 0.496 e. The third-order valence-corrected chi connectivity index (χ3v) is 3.58. The van der Waals surface area contributed by atoms with E-state index >= 15 is 0 Å². The van der Waals surface area contributed by atoms with Crippen molar-refractivity contribution in [3.63, 3.8) is 0 Å². The minimum atomic E-state index is -0.182. The Bertz CT molecular complexity index is 849. The molecule has 5 nitrogen and oxygen atoms in total. The summed E-state index contributed by atoms with van der Waals surface area (Å²) < 4.78 is 10.9. The highest BCUT2D eigenvalue weighted by molar-refractivity contribution is 5.96. The Hall–Kier alpha value is -3.08. The Morgan fingerprint density at radius 1 is 1.12 bits per heavy atom. The molecule has 1 N–H and O–H groups in total. The maximum Gasteiger partial charge on any atom is 0.255 e. The molecule has 0 bridgehead atoms. The molecular weight excluding hydrogens is 304 g/mol. The van der Waals surface area contributed by atoms with Crippen LogP contribution in [0.5, 0.6) is 11.5 Å². The van der Waals surface area contributed by atoms with Crippen molar-refractivity contribution in [2.24, 2.45) is 0 Å². The van der Waals surface area contributed by atoms with Crippen LogP contribution in [0.15, 0.2) is 60.8 Å². The van der Waals surface area contributed by atoms with E-state index in [9.17, 15) is 4.79 Å². The third-order valence-electron chi connectivity index (χ3n) is 3.58. The molecule has 1 heterocycles. The van der Waals surface area contributed by atoms with Crippen molar-refractivity contribution in [2.45, 2.75) is 0 Å². The second-order valence-corrected chi connectivity index (χ2v) is 5.16. The quantitative estimate of drug-likeness (QED) is 0.709. The van der Waals surface area contributed by atoms with Gasteiger partial charge in [-0.1, -0.05) is 18.2 Å². The van der Waals surface area contributed by atoms with Crippen LogP contribution in [0.1, 0.15) is 10.4 Å². The van der Waals surface area contributed by atoms with Crippen LogP contribution in [0.2, 0.25) is 0 Å². The molecule has 2 aromatic carbocycles. The van der Waals surface area contributed by atoms with E-state index in [1.54, 1.807) is 31.5 Å². The van der Waals surface area contributed by atoms with Gasteiger partial charge in [0.25, 0.3) is 5.91 Å². The zero-order valence-electron chi connectivity index (χ0n) is 13.4. The van der Waals surface area contributed by atoms with E-state index in [1.165, 1.54) is 0 Å². The highest BCUT2D eigenvalue weighted by Crippen LogP contribution is 2.19. The van der Waals surface area contributed by atoms with Crippen molar-refractivity contribution in [2.75, 3.05) is 20.3 Å². The molecule has 1 amide bonds. The predicted molar refractivity (Wildman–Crippen MR) is 92.6 cm³/mol. The maximum absolute atomic E-state index is 12.2. The minimum Gasteiger partial charge on any atom is -0.496 e. The fourth-order valence-electron chi connectivity index (χ4n) is 2.40. The lowest BCUT2D eigenvalue weighted by molar-refractivity contribution is 0.0944. The number of carbonyl (C=O) groups is 1. The van der Waals surface area contributed by atoms with Gasteiger partial charge in [-0.05, 0) is 36.4 Å². The van der Waals surface area contributed by atoms with E-state index < -0.39 is 0 Å². The van der Waals surface area contributed by atoms with Crippen molar-refractivity contribution >= 4 is 16.8 Å². The highest BCUT2D eigenvalue weighted by atomic mass is 16.5. The molecule has 0 fully saturated rings. The highest BCUT2D eigenvalue weighted by Gasteiger charge is 2.10. The van der Waals surface area contributed by atoms with Gasteiger partial charge >= 0.3 is 0 Å². The number of benzene rings is 2. The van der Waals surface area contributed by atoms with E-state index in [2.05, 4.69) is 10.3 Å². The van der Waals surface area contributed by atoms with Crippen LogP contribution in [-0.4, -0.2) is 31.2 Å². The summed E-state index contributed by atoms with van der Waals surface area (Å²) in [5, 5.41) is 3.85. The fourth-order valence-corrected chi connectivity index (χ4v) is 2.40. The van der Waals surface area contributed by atoms with Crippen LogP contribution in [0, 0.1) is 0 Å². The number of para-hydroxylation sites is 1. The molecule has 0 spiro atoms. The Morgan fingerprint density at radius 3 is 2.88 bits per heavy atom. The van der Waals surface area contributed by atoms with Crippen LogP contribution in [0.3, 0.4) is 0 Å². The van der Waals surface area contributed by atoms with Crippen LogP contribution in [-0.2, 0) is 0 Å². The molecule has 0 saturated heterocycles. The number of aromatic nitrogens is 1. The summed E-state index contributed by atoms with van der Waals surface area (Å²) in [5.41, 5.74) is 1.44. The molecule has 24 heavy (non-hydrogen) atoms. The van der Waals surface area contributed by atoms with E-state index in [0.717, 1.165) is 16.7 Å². The molecule has 0 atom stereocenters. The first kappa shape index (κ1) is 15.8. The van der Waals surface area contributed by atoms with Gasteiger partial charge in [0.15, 0.2) is 0 Å². The zero-order chi connectivity index (χ0) is 16.8. The summed E-state index contributed by atoms with van der Waals surface area (Å²) in [6.45, 7) is 0.786. The normalized spacial score (nSPS) is 10.4. The van der Waals surface area contributed by atoms with Crippen molar-refractivity contribution in [1.82, 2.24) is 10.3 Å². The molecule has 3 aromatic rings. The number of nitrogens with zero attached hydrogens (tertiary/aromatic N) is 1. The van der Waals surface area contributed by atoms with Crippen molar-refractivity contribution in [3.8, 4) is 11.5 Å². The summed E-state index contributed by atoms with van der Waals surface area (Å²) in [5.74, 6) is 1.12. The SMILES string of the molecule is COc1ccccc1C(=O)NCCOc1ccc2ncccc2c1. The number of hydrogen-bond donors (Lipinski definition) is 1. The van der Waals surface area contributed by atoms with Crippen LogP contribution >= 0.6 is 0 Å². The average Bonchev–Trinajstić information content (AvgIpc) is 2.65. The molecule has 0 aliphatic carbocycles. The first-order valence-corrected chi connectivity index (χ1v) is 7.67. The number of carbonyl (C=O) groups excluding carboxylic acids is 1. The smallest absolute Gasteiger partial charge is 0.255 e. The van der Waals surface area contributed by atoms with Gasteiger partial charge in [-0.25, -0.2) is 0 Å². The summed E-state index contributed by atoms with van der Waals surface area (Å²) in [6.07, 6.45) is 1.76. The molecule has 5 heteroatoms. The molecule has 122 valence electrons. The molecule has 0 aliphatic heterocycles. The standard InChI is InChI=1S/C19H18N2O3/c1-23-18-7-3-2-6-16(18)19(22)21-11-12-24-15-8-9-17-14(13-15)5-4-10-20-17/h2-10,13H,11-12H2,1H3,(H,21,22). The van der Waals surface area contributed by atoms with Crippen LogP contribution in [0.25, 0.3) is 10.9 Å². The molecular formula is C19H18N2O3. The number of pyridine rings is 1. The first-order chi connectivity index (χ1) is 11.8. The number of rotatable bonds is 6. The van der Waals surface area contributed by atoms with E-state index in [-0.39, 0.29) is 5.91 Å². The monoisotopic (exact) mass is 322 g/mol. The average molecular weight is 322 g/mol. The van der Waals surface area contributed by atoms with Gasteiger partial charge in [-0.2, -0.15) is 0 Å². The Balaban J connectivity index is 1.53. The molecule has 0 aliphatic rings. The van der Waals surface area contributed by atoms with Crippen LogP contribution < -0.4 is 14.8 Å². The van der Waals surface area contributed by atoms with Gasteiger partial charge in [0.2, 0.25) is 0 Å². The molecule has 0 saturated carbocycles. The van der Waals surface area contributed by atoms with Crippen LogP contribution in [0.4, 0.5) is 0 Å². The lowest BCUT2D eigenvalue weighted by Crippen LogP contribution is -2.28. The summed E-state index contributed by atoms with van der Waals surface area (Å²) in [4.78, 5) is 16.4.